The van der Waals surface area contributed by atoms with E-state index < -0.39 is 5.97 Å². The first-order chi connectivity index (χ1) is 9.99. The molecule has 0 saturated carbocycles. The lowest BCUT2D eigenvalue weighted by Crippen LogP contribution is -2.41. The second-order valence-electron chi connectivity index (χ2n) is 5.55. The number of anilines is 1. The van der Waals surface area contributed by atoms with Crippen LogP contribution in [0.4, 0.5) is 5.82 Å². The van der Waals surface area contributed by atoms with Gasteiger partial charge in [-0.05, 0) is 31.4 Å². The molecule has 0 bridgehead atoms. The van der Waals surface area contributed by atoms with Gasteiger partial charge in [-0.15, -0.1) is 0 Å². The van der Waals surface area contributed by atoms with E-state index in [1.807, 2.05) is 4.90 Å². The predicted octanol–water partition coefficient (Wildman–Crippen LogP) is 1.62. The number of carbonyl (C=O) groups excluding carboxylic acids is 1. The molecule has 1 aromatic rings. The van der Waals surface area contributed by atoms with Crippen LogP contribution in [-0.2, 0) is 4.79 Å². The SMILES string of the molecule is CN(C)C(=O)c1ccc(N2CCCCC2CC(=O)O)nc1. The van der Waals surface area contributed by atoms with Gasteiger partial charge in [-0.3, -0.25) is 9.59 Å². The van der Waals surface area contributed by atoms with Crippen molar-refractivity contribution in [3.63, 3.8) is 0 Å². The number of hydrogen-bond acceptors (Lipinski definition) is 4. The Balaban J connectivity index is 2.15. The van der Waals surface area contributed by atoms with E-state index in [1.165, 1.54) is 4.90 Å². The smallest absolute Gasteiger partial charge is 0.305 e. The Morgan fingerprint density at radius 1 is 1.38 bits per heavy atom. The monoisotopic (exact) mass is 291 g/mol. The summed E-state index contributed by atoms with van der Waals surface area (Å²) in [4.78, 5) is 30.7. The molecule has 2 rings (SSSR count). The normalized spacial score (nSPS) is 18.4. The van der Waals surface area contributed by atoms with Gasteiger partial charge in [-0.25, -0.2) is 4.98 Å². The van der Waals surface area contributed by atoms with Crippen molar-refractivity contribution >= 4 is 17.7 Å². The first-order valence-corrected chi connectivity index (χ1v) is 7.15. The van der Waals surface area contributed by atoms with Crippen LogP contribution in [0, 0.1) is 0 Å². The number of aliphatic carboxylic acids is 1. The van der Waals surface area contributed by atoms with Crippen LogP contribution in [0.15, 0.2) is 18.3 Å². The third-order valence-corrected chi connectivity index (χ3v) is 3.73. The highest BCUT2D eigenvalue weighted by molar-refractivity contribution is 5.93. The maximum absolute atomic E-state index is 11.8. The average Bonchev–Trinajstić information content (AvgIpc) is 2.46. The predicted molar refractivity (Wildman–Crippen MR) is 79.5 cm³/mol. The summed E-state index contributed by atoms with van der Waals surface area (Å²) in [6, 6.07) is 3.53. The van der Waals surface area contributed by atoms with E-state index >= 15 is 0 Å². The number of carboxylic acid groups (broad SMARTS) is 1. The molecule has 6 nitrogen and oxygen atoms in total. The van der Waals surface area contributed by atoms with Crippen LogP contribution in [0.5, 0.6) is 0 Å². The van der Waals surface area contributed by atoms with Crippen LogP contribution in [-0.4, -0.2) is 53.5 Å². The number of aromatic nitrogens is 1. The molecule has 1 fully saturated rings. The van der Waals surface area contributed by atoms with Gasteiger partial charge >= 0.3 is 5.97 Å². The standard InChI is InChI=1S/C15H21N3O3/c1-17(2)15(21)11-6-7-13(16-10-11)18-8-4-3-5-12(18)9-14(19)20/h6-7,10,12H,3-5,8-9H2,1-2H3,(H,19,20). The highest BCUT2D eigenvalue weighted by Gasteiger charge is 2.25. The molecule has 1 saturated heterocycles. The maximum atomic E-state index is 11.8. The number of amides is 1. The van der Waals surface area contributed by atoms with Crippen LogP contribution >= 0.6 is 0 Å². The number of rotatable bonds is 4. The Hall–Kier alpha value is -2.11. The lowest BCUT2D eigenvalue weighted by molar-refractivity contribution is -0.137. The molecule has 21 heavy (non-hydrogen) atoms. The van der Waals surface area contributed by atoms with E-state index in [0.717, 1.165) is 31.6 Å². The molecular weight excluding hydrogens is 270 g/mol. The molecule has 1 amide bonds. The Bertz CT molecular complexity index is 513. The second-order valence-corrected chi connectivity index (χ2v) is 5.55. The fraction of sp³-hybridized carbons (Fsp3) is 0.533. The van der Waals surface area contributed by atoms with E-state index in [9.17, 15) is 9.59 Å². The Labute approximate surface area is 124 Å². The van der Waals surface area contributed by atoms with E-state index in [-0.39, 0.29) is 18.4 Å². The third-order valence-electron chi connectivity index (χ3n) is 3.73. The highest BCUT2D eigenvalue weighted by atomic mass is 16.4. The van der Waals surface area contributed by atoms with Crippen LogP contribution in [0.25, 0.3) is 0 Å². The third kappa shape index (κ3) is 3.71. The van der Waals surface area contributed by atoms with Crippen molar-refractivity contribution in [1.29, 1.82) is 0 Å². The van der Waals surface area contributed by atoms with E-state index in [0.29, 0.717) is 5.56 Å². The van der Waals surface area contributed by atoms with Crippen molar-refractivity contribution in [2.75, 3.05) is 25.5 Å². The van der Waals surface area contributed by atoms with Gasteiger partial charge < -0.3 is 14.9 Å². The molecule has 0 aromatic carbocycles. The van der Waals surface area contributed by atoms with Crippen molar-refractivity contribution in [3.05, 3.63) is 23.9 Å². The molecule has 0 radical (unpaired) electrons. The first-order valence-electron chi connectivity index (χ1n) is 7.15. The summed E-state index contributed by atoms with van der Waals surface area (Å²) < 4.78 is 0. The van der Waals surface area contributed by atoms with Gasteiger partial charge in [0.05, 0.1) is 12.0 Å². The van der Waals surface area contributed by atoms with E-state index in [4.69, 9.17) is 5.11 Å². The lowest BCUT2D eigenvalue weighted by Gasteiger charge is -2.36. The second kappa shape index (κ2) is 6.56. The van der Waals surface area contributed by atoms with Crippen molar-refractivity contribution in [1.82, 2.24) is 9.88 Å². The van der Waals surface area contributed by atoms with Gasteiger partial charge in [0.15, 0.2) is 0 Å². The molecule has 1 aliphatic heterocycles. The average molecular weight is 291 g/mol. The van der Waals surface area contributed by atoms with Gasteiger partial charge in [0, 0.05) is 32.9 Å². The molecule has 114 valence electrons. The largest absolute Gasteiger partial charge is 0.481 e. The quantitative estimate of drug-likeness (QED) is 0.912. The minimum Gasteiger partial charge on any atom is -0.481 e. The fourth-order valence-electron chi connectivity index (χ4n) is 2.66. The molecule has 1 unspecified atom stereocenters. The molecule has 6 heteroatoms. The van der Waals surface area contributed by atoms with Crippen molar-refractivity contribution < 1.29 is 14.7 Å². The zero-order valence-corrected chi connectivity index (χ0v) is 12.5. The van der Waals surface area contributed by atoms with Crippen LogP contribution in [0.3, 0.4) is 0 Å². The number of hydrogen-bond donors (Lipinski definition) is 1. The Morgan fingerprint density at radius 3 is 2.71 bits per heavy atom. The molecule has 1 atom stereocenters. The summed E-state index contributed by atoms with van der Waals surface area (Å²) in [5.41, 5.74) is 0.538. The van der Waals surface area contributed by atoms with E-state index in [2.05, 4.69) is 4.98 Å². The molecule has 0 aliphatic carbocycles. The van der Waals surface area contributed by atoms with Crippen molar-refractivity contribution in [3.8, 4) is 0 Å². The Kier molecular flexibility index (Phi) is 4.77. The van der Waals surface area contributed by atoms with Crippen LogP contribution < -0.4 is 4.90 Å². The van der Waals surface area contributed by atoms with E-state index in [1.54, 1.807) is 32.4 Å². The number of carbonyl (C=O) groups is 2. The minimum atomic E-state index is -0.786. The van der Waals surface area contributed by atoms with Gasteiger partial charge in [0.1, 0.15) is 5.82 Å². The molecule has 2 heterocycles. The lowest BCUT2D eigenvalue weighted by atomic mass is 9.99. The first kappa shape index (κ1) is 15.3. The molecule has 0 spiro atoms. The molecular formula is C15H21N3O3. The Morgan fingerprint density at radius 2 is 2.14 bits per heavy atom. The van der Waals surface area contributed by atoms with Crippen molar-refractivity contribution in [2.24, 2.45) is 0 Å². The van der Waals surface area contributed by atoms with Gasteiger partial charge in [-0.1, -0.05) is 0 Å². The summed E-state index contributed by atoms with van der Waals surface area (Å²) in [5.74, 6) is -0.127. The molecule has 1 aliphatic rings. The number of carboxylic acids is 1. The summed E-state index contributed by atoms with van der Waals surface area (Å²) in [6.07, 6.45) is 4.64. The van der Waals surface area contributed by atoms with Gasteiger partial charge in [0.25, 0.3) is 5.91 Å². The highest BCUT2D eigenvalue weighted by Crippen LogP contribution is 2.25. The summed E-state index contributed by atoms with van der Waals surface area (Å²) in [6.45, 7) is 0.811. The molecule has 1 aromatic heterocycles. The topological polar surface area (TPSA) is 73.7 Å². The number of piperidine rings is 1. The van der Waals surface area contributed by atoms with Gasteiger partial charge in [-0.2, -0.15) is 0 Å². The van der Waals surface area contributed by atoms with Crippen LogP contribution in [0.2, 0.25) is 0 Å². The number of pyridine rings is 1. The summed E-state index contributed by atoms with van der Waals surface area (Å²) >= 11 is 0. The summed E-state index contributed by atoms with van der Waals surface area (Å²) in [7, 11) is 3.40. The molecule has 1 N–H and O–H groups in total. The minimum absolute atomic E-state index is 0.0147. The maximum Gasteiger partial charge on any atom is 0.305 e. The summed E-state index contributed by atoms with van der Waals surface area (Å²) in [5, 5.41) is 9.01. The number of nitrogens with zero attached hydrogens (tertiary/aromatic N) is 3. The zero-order chi connectivity index (χ0) is 15.4. The van der Waals surface area contributed by atoms with Gasteiger partial charge in [0.2, 0.25) is 0 Å². The zero-order valence-electron chi connectivity index (χ0n) is 12.5. The fourth-order valence-corrected chi connectivity index (χ4v) is 2.66. The van der Waals surface area contributed by atoms with Crippen molar-refractivity contribution in [2.45, 2.75) is 31.7 Å². The van der Waals surface area contributed by atoms with Crippen LogP contribution in [0.1, 0.15) is 36.0 Å².